The topological polar surface area (TPSA) is 29.1 Å². The lowest BCUT2D eigenvalue weighted by molar-refractivity contribution is 0.0992. The summed E-state index contributed by atoms with van der Waals surface area (Å²) in [5, 5.41) is 3.00. The molecule has 1 N–H and O–H groups in total. The number of nitrogens with one attached hydrogen (secondary N) is 1. The number of halogens is 2. The fourth-order valence-electron chi connectivity index (χ4n) is 1.19. The summed E-state index contributed by atoms with van der Waals surface area (Å²) in [6.45, 7) is 1.88. The fraction of sp³-hybridized carbons (Fsp3) is 0.300. The molecule has 1 aromatic carbocycles. The highest BCUT2D eigenvalue weighted by atomic mass is 35.5. The summed E-state index contributed by atoms with van der Waals surface area (Å²) < 4.78 is 13.0. The summed E-state index contributed by atoms with van der Waals surface area (Å²) in [6.07, 6.45) is 0. The summed E-state index contributed by atoms with van der Waals surface area (Å²) in [6, 6.07) is 2.41. The van der Waals surface area contributed by atoms with E-state index in [9.17, 15) is 9.18 Å². The van der Waals surface area contributed by atoms with Crippen LogP contribution in [0.4, 0.5) is 4.39 Å². The van der Waals surface area contributed by atoms with Gasteiger partial charge >= 0.3 is 0 Å². The third-order valence-electron chi connectivity index (χ3n) is 1.95. The second-order valence-electron chi connectivity index (χ2n) is 3.01. The predicted molar refractivity (Wildman–Crippen MR) is 54.4 cm³/mol. The molecule has 0 aliphatic rings. The standard InChI is InChI=1S/C10H11ClFNO/c1-6-8(10(14)5-13-2)3-7(12)4-9(6)11/h3-4,13H,5H2,1-2H3. The molecule has 76 valence electrons. The maximum Gasteiger partial charge on any atom is 0.177 e. The zero-order valence-corrected chi connectivity index (χ0v) is 8.78. The van der Waals surface area contributed by atoms with E-state index in [1.807, 2.05) is 0 Å². The number of hydrogen-bond donors (Lipinski definition) is 1. The molecule has 0 saturated carbocycles. The van der Waals surface area contributed by atoms with E-state index < -0.39 is 5.82 Å². The van der Waals surface area contributed by atoms with Gasteiger partial charge in [0.1, 0.15) is 5.82 Å². The molecule has 0 saturated heterocycles. The van der Waals surface area contributed by atoms with Gasteiger partial charge in [-0.15, -0.1) is 0 Å². The summed E-state index contributed by atoms with van der Waals surface area (Å²) in [4.78, 5) is 11.5. The number of rotatable bonds is 3. The molecule has 1 aromatic rings. The van der Waals surface area contributed by atoms with Gasteiger partial charge in [0.15, 0.2) is 5.78 Å². The van der Waals surface area contributed by atoms with Gasteiger partial charge in [0.2, 0.25) is 0 Å². The molecule has 0 aromatic heterocycles. The van der Waals surface area contributed by atoms with Gasteiger partial charge in [-0.1, -0.05) is 11.6 Å². The largest absolute Gasteiger partial charge is 0.313 e. The van der Waals surface area contributed by atoms with Crippen LogP contribution in [0.2, 0.25) is 5.02 Å². The van der Waals surface area contributed by atoms with Gasteiger partial charge in [-0.3, -0.25) is 4.79 Å². The van der Waals surface area contributed by atoms with Gasteiger partial charge in [-0.2, -0.15) is 0 Å². The van der Waals surface area contributed by atoms with Crippen molar-refractivity contribution in [2.45, 2.75) is 6.92 Å². The molecular weight excluding hydrogens is 205 g/mol. The van der Waals surface area contributed by atoms with Crippen molar-refractivity contribution >= 4 is 17.4 Å². The Labute approximate surface area is 87.1 Å². The third kappa shape index (κ3) is 2.30. The molecule has 14 heavy (non-hydrogen) atoms. The first-order valence-corrected chi connectivity index (χ1v) is 4.57. The highest BCUT2D eigenvalue weighted by Gasteiger charge is 2.12. The van der Waals surface area contributed by atoms with E-state index >= 15 is 0 Å². The smallest absolute Gasteiger partial charge is 0.177 e. The Morgan fingerprint density at radius 3 is 2.79 bits per heavy atom. The minimum atomic E-state index is -0.486. The van der Waals surface area contributed by atoms with Crippen molar-refractivity contribution in [3.63, 3.8) is 0 Å². The maximum atomic E-state index is 13.0. The van der Waals surface area contributed by atoms with Crippen LogP contribution in [-0.2, 0) is 0 Å². The van der Waals surface area contributed by atoms with Crippen LogP contribution in [-0.4, -0.2) is 19.4 Å². The lowest BCUT2D eigenvalue weighted by Crippen LogP contribution is -2.19. The Morgan fingerprint density at radius 2 is 2.21 bits per heavy atom. The van der Waals surface area contributed by atoms with Crippen LogP contribution >= 0.6 is 11.6 Å². The van der Waals surface area contributed by atoms with Crippen molar-refractivity contribution in [2.24, 2.45) is 0 Å². The zero-order chi connectivity index (χ0) is 10.7. The summed E-state index contributed by atoms with van der Waals surface area (Å²) in [5.74, 6) is -0.647. The molecule has 0 bridgehead atoms. The number of likely N-dealkylation sites (N-methyl/N-ethyl adjacent to an activating group) is 1. The molecule has 0 unspecified atom stereocenters. The predicted octanol–water partition coefficient (Wildman–Crippen LogP) is 2.19. The number of carbonyl (C=O) groups excluding carboxylic acids is 1. The first kappa shape index (κ1) is 11.1. The van der Waals surface area contributed by atoms with E-state index in [0.29, 0.717) is 11.1 Å². The first-order valence-electron chi connectivity index (χ1n) is 4.19. The van der Waals surface area contributed by atoms with E-state index in [2.05, 4.69) is 5.32 Å². The van der Waals surface area contributed by atoms with Crippen molar-refractivity contribution in [3.8, 4) is 0 Å². The summed E-state index contributed by atoms with van der Waals surface area (Å²) in [7, 11) is 1.66. The van der Waals surface area contributed by atoms with E-state index in [0.717, 1.165) is 0 Å². The van der Waals surface area contributed by atoms with Gasteiger partial charge in [-0.25, -0.2) is 4.39 Å². The Bertz CT molecular complexity index is 365. The Morgan fingerprint density at radius 1 is 1.57 bits per heavy atom. The van der Waals surface area contributed by atoms with Gasteiger partial charge in [0, 0.05) is 10.6 Å². The van der Waals surface area contributed by atoms with Crippen molar-refractivity contribution in [2.75, 3.05) is 13.6 Å². The molecule has 2 nitrogen and oxygen atoms in total. The number of Topliss-reactive ketones (excluding diaryl/α,β-unsaturated/α-hetero) is 1. The molecule has 0 amide bonds. The molecule has 0 fully saturated rings. The number of hydrogen-bond acceptors (Lipinski definition) is 2. The van der Waals surface area contributed by atoms with Gasteiger partial charge in [-0.05, 0) is 31.7 Å². The molecule has 1 rings (SSSR count). The Kier molecular flexibility index (Phi) is 3.61. The Balaban J connectivity index is 3.13. The number of benzene rings is 1. The molecular formula is C10H11ClFNO. The van der Waals surface area contributed by atoms with E-state index in [1.165, 1.54) is 12.1 Å². The quantitative estimate of drug-likeness (QED) is 0.784. The van der Waals surface area contributed by atoms with E-state index in [1.54, 1.807) is 14.0 Å². The van der Waals surface area contributed by atoms with Crippen molar-refractivity contribution < 1.29 is 9.18 Å². The molecule has 0 spiro atoms. The minimum absolute atomic E-state index is 0.161. The van der Waals surface area contributed by atoms with Crippen LogP contribution < -0.4 is 5.32 Å². The molecule has 4 heteroatoms. The highest BCUT2D eigenvalue weighted by molar-refractivity contribution is 6.31. The Hall–Kier alpha value is -0.930. The van der Waals surface area contributed by atoms with Crippen molar-refractivity contribution in [3.05, 3.63) is 34.1 Å². The normalized spacial score (nSPS) is 10.3. The maximum absolute atomic E-state index is 13.0. The van der Waals surface area contributed by atoms with Crippen LogP contribution in [0.25, 0.3) is 0 Å². The van der Waals surface area contributed by atoms with E-state index in [4.69, 9.17) is 11.6 Å². The van der Waals surface area contributed by atoms with Crippen LogP contribution in [0, 0.1) is 12.7 Å². The molecule has 0 atom stereocenters. The molecule has 0 aliphatic carbocycles. The average molecular weight is 216 g/mol. The fourth-order valence-corrected chi connectivity index (χ4v) is 1.40. The zero-order valence-electron chi connectivity index (χ0n) is 8.03. The third-order valence-corrected chi connectivity index (χ3v) is 2.34. The molecule has 0 aliphatic heterocycles. The first-order chi connectivity index (χ1) is 6.56. The molecule has 0 radical (unpaired) electrons. The summed E-state index contributed by atoms with van der Waals surface area (Å²) in [5.41, 5.74) is 0.956. The van der Waals surface area contributed by atoms with E-state index in [-0.39, 0.29) is 17.4 Å². The highest BCUT2D eigenvalue weighted by Crippen LogP contribution is 2.21. The van der Waals surface area contributed by atoms with Crippen LogP contribution in [0.15, 0.2) is 12.1 Å². The SMILES string of the molecule is CNCC(=O)c1cc(F)cc(Cl)c1C. The van der Waals surface area contributed by atoms with Crippen LogP contribution in [0.1, 0.15) is 15.9 Å². The molecule has 0 heterocycles. The lowest BCUT2D eigenvalue weighted by Gasteiger charge is -2.06. The monoisotopic (exact) mass is 215 g/mol. The van der Waals surface area contributed by atoms with Crippen LogP contribution in [0.3, 0.4) is 0 Å². The summed E-state index contributed by atoms with van der Waals surface area (Å²) >= 11 is 5.75. The van der Waals surface area contributed by atoms with Crippen molar-refractivity contribution in [1.29, 1.82) is 0 Å². The van der Waals surface area contributed by atoms with Gasteiger partial charge < -0.3 is 5.32 Å². The van der Waals surface area contributed by atoms with Gasteiger partial charge in [0.05, 0.1) is 6.54 Å². The number of ketones is 1. The lowest BCUT2D eigenvalue weighted by atomic mass is 10.0. The van der Waals surface area contributed by atoms with Gasteiger partial charge in [0.25, 0.3) is 0 Å². The van der Waals surface area contributed by atoms with Crippen molar-refractivity contribution in [1.82, 2.24) is 5.32 Å². The minimum Gasteiger partial charge on any atom is -0.313 e. The second kappa shape index (κ2) is 4.53. The number of carbonyl (C=O) groups is 1. The second-order valence-corrected chi connectivity index (χ2v) is 3.42. The van der Waals surface area contributed by atoms with Crippen LogP contribution in [0.5, 0.6) is 0 Å². The average Bonchev–Trinajstić information content (AvgIpc) is 2.11.